The molecule has 0 aliphatic carbocycles. The summed E-state index contributed by atoms with van der Waals surface area (Å²) in [5.41, 5.74) is 1.52. The van der Waals surface area contributed by atoms with E-state index in [1.165, 1.54) is 4.90 Å². The number of H-pyrrole nitrogens is 1. The van der Waals surface area contributed by atoms with Gasteiger partial charge in [-0.1, -0.05) is 48.8 Å². The number of rotatable bonds is 3. The van der Waals surface area contributed by atoms with Crippen LogP contribution in [0.25, 0.3) is 21.8 Å². The zero-order chi connectivity index (χ0) is 20.2. The maximum absolute atomic E-state index is 14.3. The van der Waals surface area contributed by atoms with E-state index in [1.807, 2.05) is 44.2 Å². The number of hydrogen-bond donors (Lipinski definition) is 1. The number of carbonyl (C=O) groups excluding carboxylic acids is 1. The van der Waals surface area contributed by atoms with Crippen molar-refractivity contribution < 1.29 is 13.6 Å². The van der Waals surface area contributed by atoms with Gasteiger partial charge in [-0.25, -0.2) is 13.8 Å². The summed E-state index contributed by atoms with van der Waals surface area (Å²) >= 11 is 3.46. The van der Waals surface area contributed by atoms with Crippen LogP contribution >= 0.6 is 42.9 Å². The number of nitrogens with one attached hydrogen (secondary N) is 1. The van der Waals surface area contributed by atoms with Gasteiger partial charge in [0.1, 0.15) is 5.82 Å². The normalized spacial score (nSPS) is 19.0. The predicted octanol–water partition coefficient (Wildman–Crippen LogP) is 5.91. The average molecular weight is 518 g/mol. The van der Waals surface area contributed by atoms with Gasteiger partial charge in [0.25, 0.3) is 5.92 Å². The van der Waals surface area contributed by atoms with E-state index < -0.39 is 24.9 Å². The second-order valence-corrected chi connectivity index (χ2v) is 8.94. The van der Waals surface area contributed by atoms with Gasteiger partial charge in [0.15, 0.2) is 0 Å². The topological polar surface area (TPSA) is 49.0 Å². The molecule has 1 fully saturated rings. The Morgan fingerprint density at radius 1 is 1.23 bits per heavy atom. The minimum atomic E-state index is -2.91. The maximum Gasteiger partial charge on any atom is 0.267 e. The number of nitrogens with zero attached hydrogens (tertiary/aromatic N) is 2. The zero-order valence-electron chi connectivity index (χ0n) is 17.0. The quantitative estimate of drug-likeness (QED) is 0.469. The molecule has 0 bridgehead atoms. The van der Waals surface area contributed by atoms with E-state index in [4.69, 9.17) is 0 Å². The summed E-state index contributed by atoms with van der Waals surface area (Å²) in [5, 5.41) is 1.96. The van der Waals surface area contributed by atoms with Crippen molar-refractivity contribution in [2.24, 2.45) is 11.8 Å². The van der Waals surface area contributed by atoms with E-state index in [1.54, 1.807) is 6.92 Å². The monoisotopic (exact) mass is 517 g/mol. The van der Waals surface area contributed by atoms with Crippen molar-refractivity contribution in [3.05, 3.63) is 40.6 Å². The highest BCUT2D eigenvalue weighted by molar-refractivity contribution is 9.10. The van der Waals surface area contributed by atoms with Crippen molar-refractivity contribution >= 4 is 70.6 Å². The first-order chi connectivity index (χ1) is 13.2. The number of alkyl halides is 2. The molecule has 4 rings (SSSR count). The van der Waals surface area contributed by atoms with Crippen molar-refractivity contribution in [1.29, 1.82) is 0 Å². The Hall–Kier alpha value is -1.32. The van der Waals surface area contributed by atoms with E-state index in [-0.39, 0.29) is 44.7 Å². The van der Waals surface area contributed by atoms with Crippen LogP contribution in [0.15, 0.2) is 34.8 Å². The van der Waals surface area contributed by atoms with E-state index in [2.05, 4.69) is 25.9 Å². The van der Waals surface area contributed by atoms with Crippen LogP contribution in [0.3, 0.4) is 0 Å². The van der Waals surface area contributed by atoms with Crippen molar-refractivity contribution in [2.45, 2.75) is 39.2 Å². The van der Waals surface area contributed by atoms with Gasteiger partial charge in [-0.05, 0) is 29.5 Å². The van der Waals surface area contributed by atoms with Gasteiger partial charge in [-0.2, -0.15) is 27.0 Å². The number of benzene rings is 2. The molecule has 1 amide bonds. The fraction of sp³-hybridized carbons (Fsp3) is 0.429. The molecule has 0 unspecified atom stereocenters. The second-order valence-electron chi connectivity index (χ2n) is 8.02. The number of fused-ring (bicyclic) bond motifs is 3. The minimum Gasteiger partial charge on any atom is -0.340 e. The van der Waals surface area contributed by atoms with Crippen LogP contribution in [0.2, 0.25) is 0 Å². The fourth-order valence-corrected chi connectivity index (χ4v) is 4.17. The van der Waals surface area contributed by atoms with E-state index >= 15 is 0 Å². The Labute approximate surface area is 196 Å². The molecule has 4 nitrogen and oxygen atoms in total. The first kappa shape index (κ1) is 24.9. The summed E-state index contributed by atoms with van der Waals surface area (Å²) in [6.45, 7) is 5.09. The third kappa shape index (κ3) is 4.48. The summed E-state index contributed by atoms with van der Waals surface area (Å²) in [4.78, 5) is 22.0. The molecular weight excluding hydrogens is 492 g/mol. The molecule has 3 aromatic rings. The fourth-order valence-electron chi connectivity index (χ4n) is 3.79. The highest BCUT2D eigenvalue weighted by Crippen LogP contribution is 2.42. The highest BCUT2D eigenvalue weighted by atomic mass is 79.9. The van der Waals surface area contributed by atoms with Gasteiger partial charge in [0.2, 0.25) is 5.91 Å². The van der Waals surface area contributed by atoms with Gasteiger partial charge in [-0.15, -0.1) is 0 Å². The molecule has 2 atom stereocenters. The molecule has 2 aromatic carbocycles. The number of likely N-dealkylation sites (tertiary alicyclic amines) is 1. The van der Waals surface area contributed by atoms with Gasteiger partial charge in [0, 0.05) is 22.2 Å². The van der Waals surface area contributed by atoms with E-state index in [0.717, 1.165) is 26.3 Å². The highest BCUT2D eigenvalue weighted by Gasteiger charge is 2.49. The largest absolute Gasteiger partial charge is 0.340 e. The predicted molar refractivity (Wildman–Crippen MR) is 130 cm³/mol. The van der Waals surface area contributed by atoms with Crippen LogP contribution in [0.5, 0.6) is 0 Å². The van der Waals surface area contributed by atoms with Gasteiger partial charge in [0.05, 0.1) is 23.6 Å². The van der Waals surface area contributed by atoms with Crippen molar-refractivity contribution in [1.82, 2.24) is 14.9 Å². The molecule has 2 heterocycles. The lowest BCUT2D eigenvalue weighted by Crippen LogP contribution is -2.38. The smallest absolute Gasteiger partial charge is 0.267 e. The van der Waals surface area contributed by atoms with Crippen LogP contribution < -0.4 is 0 Å². The van der Waals surface area contributed by atoms with Gasteiger partial charge < -0.3 is 9.88 Å². The van der Waals surface area contributed by atoms with Gasteiger partial charge in [-0.3, -0.25) is 4.79 Å². The molecule has 1 aromatic heterocycles. The van der Waals surface area contributed by atoms with Crippen molar-refractivity contribution in [3.63, 3.8) is 0 Å². The third-order valence-corrected chi connectivity index (χ3v) is 6.20. The Morgan fingerprint density at radius 3 is 2.60 bits per heavy atom. The lowest BCUT2D eigenvalue weighted by Gasteiger charge is -2.27. The standard InChI is InChI=1S/C21H22BrF2N3O.2H2S/c1-11(2)12(3)20(28)27-10-21(23,24)9-17(27)19-25-16-7-4-13-8-14(22)5-6-15(13)18(16)26-19;;/h4-8,11-12,17H,9-10H2,1-3H3,(H,25,26);2*1H2/t12-,17-;;/m0../s1. The van der Waals surface area contributed by atoms with Crippen molar-refractivity contribution in [2.75, 3.05) is 6.54 Å². The lowest BCUT2D eigenvalue weighted by molar-refractivity contribution is -0.138. The number of imidazole rings is 1. The Balaban J connectivity index is 0.00000160. The van der Waals surface area contributed by atoms with Crippen LogP contribution in [-0.4, -0.2) is 33.2 Å². The van der Waals surface area contributed by atoms with Crippen LogP contribution in [0, 0.1) is 11.8 Å². The van der Waals surface area contributed by atoms with E-state index in [9.17, 15) is 13.6 Å². The first-order valence-electron chi connectivity index (χ1n) is 9.42. The number of carbonyl (C=O) groups is 1. The second kappa shape index (κ2) is 9.04. The number of amides is 1. The molecule has 0 radical (unpaired) electrons. The van der Waals surface area contributed by atoms with E-state index in [0.29, 0.717) is 5.82 Å². The van der Waals surface area contributed by atoms with Crippen LogP contribution in [0.1, 0.15) is 39.1 Å². The molecule has 1 saturated heterocycles. The zero-order valence-corrected chi connectivity index (χ0v) is 20.6. The van der Waals surface area contributed by atoms with Crippen LogP contribution in [0.4, 0.5) is 8.78 Å². The Bertz CT molecular complexity index is 1070. The molecule has 1 N–H and O–H groups in total. The minimum absolute atomic E-state index is 0. The molecule has 9 heteroatoms. The Kier molecular flexibility index (Phi) is 7.52. The Morgan fingerprint density at radius 2 is 1.93 bits per heavy atom. The lowest BCUT2D eigenvalue weighted by atomic mass is 9.96. The molecule has 30 heavy (non-hydrogen) atoms. The molecule has 0 spiro atoms. The van der Waals surface area contributed by atoms with Crippen LogP contribution in [-0.2, 0) is 4.79 Å². The molecule has 1 aliphatic rings. The molecule has 1 aliphatic heterocycles. The third-order valence-electron chi connectivity index (χ3n) is 5.71. The maximum atomic E-state index is 14.3. The summed E-state index contributed by atoms with van der Waals surface area (Å²) in [7, 11) is 0. The van der Waals surface area contributed by atoms with Crippen molar-refractivity contribution in [3.8, 4) is 0 Å². The molecule has 0 saturated carbocycles. The summed E-state index contributed by atoms with van der Waals surface area (Å²) < 4.78 is 29.5. The molecule has 164 valence electrons. The number of aromatic nitrogens is 2. The SMILES string of the molecule is CC(C)[C@H](C)C(=O)N1CC(F)(F)C[C@H]1c1nc2c(ccc3cc(Br)ccc32)[nH]1.S.S. The number of aromatic amines is 1. The molecular formula is C21H26BrF2N3OS2. The first-order valence-corrected chi connectivity index (χ1v) is 10.2. The number of hydrogen-bond acceptors (Lipinski definition) is 2. The summed E-state index contributed by atoms with van der Waals surface area (Å²) in [6.07, 6.45) is -0.410. The summed E-state index contributed by atoms with van der Waals surface area (Å²) in [5.74, 6) is -2.97. The van der Waals surface area contributed by atoms with Gasteiger partial charge >= 0.3 is 0 Å². The average Bonchev–Trinajstić information content (AvgIpc) is 3.20. The number of halogens is 3. The summed E-state index contributed by atoms with van der Waals surface area (Å²) in [6, 6.07) is 9.00.